The molecule has 3 aromatic rings. The van der Waals surface area contributed by atoms with Gasteiger partial charge < -0.3 is 4.74 Å². The van der Waals surface area contributed by atoms with Crippen molar-refractivity contribution < 1.29 is 22.5 Å². The minimum Gasteiger partial charge on any atom is -0.453 e. The van der Waals surface area contributed by atoms with Crippen molar-refractivity contribution in [3.8, 4) is 11.5 Å². The van der Waals surface area contributed by atoms with E-state index < -0.39 is 20.8 Å². The number of anilines is 1. The van der Waals surface area contributed by atoms with Gasteiger partial charge in [0.1, 0.15) is 11.6 Å². The van der Waals surface area contributed by atoms with E-state index in [2.05, 4.69) is 4.72 Å². The van der Waals surface area contributed by atoms with Crippen molar-refractivity contribution in [2.24, 2.45) is 0 Å². The van der Waals surface area contributed by atoms with Crippen LogP contribution in [0.3, 0.4) is 0 Å². The standard InChI is InChI=1S/C19H12Cl3FN2O5S/c1-10-6-11(23)2-4-17(10)24-31(28,29)13-8-15(21)19(16(22)9-13)30-18-5-3-12(25(26)27)7-14(18)20/h2-9,24H,1H3. The maximum atomic E-state index is 13.3. The number of nitrogens with zero attached hydrogens (tertiary/aromatic N) is 1. The Balaban J connectivity index is 1.92. The summed E-state index contributed by atoms with van der Waals surface area (Å²) in [5.74, 6) is -0.555. The lowest BCUT2D eigenvalue weighted by Crippen LogP contribution is -2.14. The maximum absolute atomic E-state index is 13.3. The summed E-state index contributed by atoms with van der Waals surface area (Å²) in [6, 6.07) is 9.35. The van der Waals surface area contributed by atoms with Gasteiger partial charge in [-0.2, -0.15) is 0 Å². The molecule has 3 aromatic carbocycles. The molecule has 7 nitrogen and oxygen atoms in total. The van der Waals surface area contributed by atoms with Crippen molar-refractivity contribution in [1.82, 2.24) is 0 Å². The molecule has 0 atom stereocenters. The molecule has 12 heteroatoms. The Hall–Kier alpha value is -2.59. The summed E-state index contributed by atoms with van der Waals surface area (Å²) in [7, 11) is -4.10. The first kappa shape index (κ1) is 23.1. The zero-order valence-corrected chi connectivity index (χ0v) is 18.6. The molecule has 0 amide bonds. The quantitative estimate of drug-likeness (QED) is 0.301. The molecule has 0 saturated heterocycles. The number of hydrogen-bond donors (Lipinski definition) is 1. The van der Waals surface area contributed by atoms with Crippen LogP contribution in [-0.2, 0) is 10.0 Å². The Morgan fingerprint density at radius 2 is 1.65 bits per heavy atom. The summed E-state index contributed by atoms with van der Waals surface area (Å²) in [4.78, 5) is 9.94. The van der Waals surface area contributed by atoms with Crippen LogP contribution in [0.25, 0.3) is 0 Å². The van der Waals surface area contributed by atoms with Crippen LogP contribution in [0.15, 0.2) is 53.4 Å². The molecule has 0 unspecified atom stereocenters. The van der Waals surface area contributed by atoms with E-state index in [1.165, 1.54) is 24.3 Å². The number of nitro groups is 1. The van der Waals surface area contributed by atoms with Gasteiger partial charge in [-0.1, -0.05) is 34.8 Å². The summed E-state index contributed by atoms with van der Waals surface area (Å²) in [5, 5.41) is 10.5. The molecule has 0 aliphatic carbocycles. The van der Waals surface area contributed by atoms with Crippen LogP contribution in [0.1, 0.15) is 5.56 Å². The fourth-order valence-corrected chi connectivity index (χ4v) is 4.62. The van der Waals surface area contributed by atoms with Gasteiger partial charge in [0.15, 0.2) is 5.75 Å². The first-order valence-corrected chi connectivity index (χ1v) is 11.0. The normalized spacial score (nSPS) is 11.3. The SMILES string of the molecule is Cc1cc(F)ccc1NS(=O)(=O)c1cc(Cl)c(Oc2ccc([N+](=O)[O-])cc2Cl)c(Cl)c1. The lowest BCUT2D eigenvalue weighted by molar-refractivity contribution is -0.384. The highest BCUT2D eigenvalue weighted by Crippen LogP contribution is 2.41. The van der Waals surface area contributed by atoms with Gasteiger partial charge >= 0.3 is 0 Å². The highest BCUT2D eigenvalue weighted by Gasteiger charge is 2.21. The van der Waals surface area contributed by atoms with Crippen LogP contribution in [0, 0.1) is 22.9 Å². The van der Waals surface area contributed by atoms with Crippen LogP contribution in [0.2, 0.25) is 15.1 Å². The van der Waals surface area contributed by atoms with E-state index in [4.69, 9.17) is 39.5 Å². The highest BCUT2D eigenvalue weighted by atomic mass is 35.5. The second-order valence-electron chi connectivity index (χ2n) is 6.25. The van der Waals surface area contributed by atoms with Gasteiger partial charge in [0.25, 0.3) is 15.7 Å². The average Bonchev–Trinajstić information content (AvgIpc) is 2.67. The third-order valence-corrected chi connectivity index (χ3v) is 6.25. The Bertz CT molecular complexity index is 1280. The number of ether oxygens (including phenoxy) is 1. The van der Waals surface area contributed by atoms with E-state index >= 15 is 0 Å². The number of rotatable bonds is 6. The lowest BCUT2D eigenvalue weighted by atomic mass is 10.2. The van der Waals surface area contributed by atoms with Gasteiger partial charge in [-0.15, -0.1) is 0 Å². The molecule has 0 aliphatic heterocycles. The van der Waals surface area contributed by atoms with Crippen molar-refractivity contribution in [1.29, 1.82) is 0 Å². The number of benzene rings is 3. The number of halogens is 4. The Morgan fingerprint density at radius 3 is 2.19 bits per heavy atom. The molecular formula is C19H12Cl3FN2O5S. The molecule has 0 fully saturated rings. The van der Waals surface area contributed by atoms with Crippen LogP contribution in [0.4, 0.5) is 15.8 Å². The molecular weight excluding hydrogens is 494 g/mol. The minimum atomic E-state index is -4.10. The van der Waals surface area contributed by atoms with E-state index in [1.54, 1.807) is 6.92 Å². The van der Waals surface area contributed by atoms with Crippen LogP contribution in [-0.4, -0.2) is 13.3 Å². The molecule has 0 bridgehead atoms. The third kappa shape index (κ3) is 5.19. The van der Waals surface area contributed by atoms with Gasteiger partial charge in [0, 0.05) is 12.1 Å². The molecule has 162 valence electrons. The fourth-order valence-electron chi connectivity index (χ4n) is 2.53. The maximum Gasteiger partial charge on any atom is 0.271 e. The van der Waals surface area contributed by atoms with Gasteiger partial charge in [-0.25, -0.2) is 12.8 Å². The molecule has 0 radical (unpaired) electrons. The number of sulfonamides is 1. The zero-order chi connectivity index (χ0) is 22.9. The molecule has 0 aromatic heterocycles. The van der Waals surface area contributed by atoms with Gasteiger partial charge in [-0.05, 0) is 48.9 Å². The number of nitrogens with one attached hydrogen (secondary N) is 1. The van der Waals surface area contributed by atoms with Crippen molar-refractivity contribution >= 4 is 56.2 Å². The molecule has 0 heterocycles. The first-order valence-electron chi connectivity index (χ1n) is 8.38. The molecule has 1 N–H and O–H groups in total. The largest absolute Gasteiger partial charge is 0.453 e. The lowest BCUT2D eigenvalue weighted by Gasteiger charge is -2.14. The average molecular weight is 506 g/mol. The van der Waals surface area contributed by atoms with Crippen LogP contribution >= 0.6 is 34.8 Å². The predicted octanol–water partition coefficient (Wildman–Crippen LogP) is 6.60. The topological polar surface area (TPSA) is 98.5 Å². The second kappa shape index (κ2) is 8.88. The van der Waals surface area contributed by atoms with Gasteiger partial charge in [0.05, 0.1) is 30.6 Å². The molecule has 3 rings (SSSR count). The summed E-state index contributed by atoms with van der Waals surface area (Å²) in [5.41, 5.74) is 0.332. The second-order valence-corrected chi connectivity index (χ2v) is 9.16. The monoisotopic (exact) mass is 504 g/mol. The van der Waals surface area contributed by atoms with Gasteiger partial charge in [-0.3, -0.25) is 14.8 Å². The van der Waals surface area contributed by atoms with Crippen molar-refractivity contribution in [3.63, 3.8) is 0 Å². The Morgan fingerprint density at radius 1 is 1.00 bits per heavy atom. The van der Waals surface area contributed by atoms with Crippen LogP contribution < -0.4 is 9.46 Å². The zero-order valence-electron chi connectivity index (χ0n) is 15.5. The summed E-state index contributed by atoms with van der Waals surface area (Å²) >= 11 is 18.4. The molecule has 0 aliphatic rings. The third-order valence-electron chi connectivity index (χ3n) is 4.05. The smallest absolute Gasteiger partial charge is 0.271 e. The van der Waals surface area contributed by atoms with E-state index in [-0.39, 0.29) is 42.8 Å². The number of non-ortho nitro benzene ring substituents is 1. The van der Waals surface area contributed by atoms with Crippen molar-refractivity contribution in [3.05, 3.63) is 85.1 Å². The predicted molar refractivity (Wildman–Crippen MR) is 117 cm³/mol. The number of nitro benzene ring substituents is 1. The summed E-state index contributed by atoms with van der Waals surface area (Å²) < 4.78 is 46.6. The van der Waals surface area contributed by atoms with E-state index in [0.29, 0.717) is 5.56 Å². The minimum absolute atomic E-state index is 0.0340. The van der Waals surface area contributed by atoms with E-state index in [1.807, 2.05) is 0 Å². The summed E-state index contributed by atoms with van der Waals surface area (Å²) in [6.45, 7) is 1.55. The van der Waals surface area contributed by atoms with E-state index in [9.17, 15) is 22.9 Å². The molecule has 0 spiro atoms. The number of aryl methyl sites for hydroxylation is 1. The molecule has 0 saturated carbocycles. The Labute approximate surface area is 191 Å². The fraction of sp³-hybridized carbons (Fsp3) is 0.0526. The van der Waals surface area contributed by atoms with Crippen molar-refractivity contribution in [2.45, 2.75) is 11.8 Å². The first-order chi connectivity index (χ1) is 14.5. The Kier molecular flexibility index (Phi) is 6.61. The van der Waals surface area contributed by atoms with E-state index in [0.717, 1.165) is 24.3 Å². The van der Waals surface area contributed by atoms with Gasteiger partial charge in [0.2, 0.25) is 0 Å². The highest BCUT2D eigenvalue weighted by molar-refractivity contribution is 7.92. The van der Waals surface area contributed by atoms with Crippen molar-refractivity contribution in [2.75, 3.05) is 4.72 Å². The summed E-state index contributed by atoms with van der Waals surface area (Å²) in [6.07, 6.45) is 0. The number of hydrogen-bond acceptors (Lipinski definition) is 5. The van der Waals surface area contributed by atoms with Crippen LogP contribution in [0.5, 0.6) is 11.5 Å². The molecule has 31 heavy (non-hydrogen) atoms.